The van der Waals surface area contributed by atoms with Crippen LogP contribution >= 0.6 is 27.3 Å². The topological polar surface area (TPSA) is 55.4 Å². The van der Waals surface area contributed by atoms with E-state index in [4.69, 9.17) is 4.74 Å². The van der Waals surface area contributed by atoms with E-state index >= 15 is 0 Å². The Balaban J connectivity index is 2.54. The van der Waals surface area contributed by atoms with Gasteiger partial charge in [0.15, 0.2) is 0 Å². The van der Waals surface area contributed by atoms with Crippen LogP contribution in [0.3, 0.4) is 0 Å². The normalized spacial score (nSPS) is 11.9. The van der Waals surface area contributed by atoms with Crippen molar-refractivity contribution in [2.24, 2.45) is 0 Å². The smallest absolute Gasteiger partial charge is 0.241 e. The standard InChI is InChI=1S/C10H16BrNO3S2/c1-8-9(7-10(11)16-8)17(13,14)12-5-3-4-6-15-2/h7,12H,3-6H2,1-2H3. The molecule has 98 valence electrons. The second-order valence-corrected chi connectivity index (χ2v) is 7.94. The second kappa shape index (κ2) is 6.84. The number of nitrogens with one attached hydrogen (secondary N) is 1. The number of ether oxygens (including phenoxy) is 1. The van der Waals surface area contributed by atoms with Gasteiger partial charge in [-0.1, -0.05) is 0 Å². The summed E-state index contributed by atoms with van der Waals surface area (Å²) in [5, 5.41) is 0. The highest BCUT2D eigenvalue weighted by Gasteiger charge is 2.18. The quantitative estimate of drug-likeness (QED) is 0.775. The zero-order chi connectivity index (χ0) is 12.9. The molecule has 1 heterocycles. The summed E-state index contributed by atoms with van der Waals surface area (Å²) in [5.74, 6) is 0. The fourth-order valence-electron chi connectivity index (χ4n) is 1.35. The van der Waals surface area contributed by atoms with Crippen LogP contribution in [0.15, 0.2) is 14.7 Å². The van der Waals surface area contributed by atoms with Crippen LogP contribution in [0.2, 0.25) is 0 Å². The molecule has 0 aromatic carbocycles. The van der Waals surface area contributed by atoms with Crippen molar-refractivity contribution >= 4 is 37.3 Å². The Morgan fingerprint density at radius 1 is 1.47 bits per heavy atom. The van der Waals surface area contributed by atoms with E-state index in [9.17, 15) is 8.42 Å². The lowest BCUT2D eigenvalue weighted by molar-refractivity contribution is 0.193. The van der Waals surface area contributed by atoms with Crippen LogP contribution in [0.5, 0.6) is 0 Å². The van der Waals surface area contributed by atoms with Gasteiger partial charge in [-0.3, -0.25) is 0 Å². The number of thiophene rings is 1. The van der Waals surface area contributed by atoms with Gasteiger partial charge in [0, 0.05) is 25.1 Å². The Morgan fingerprint density at radius 2 is 2.18 bits per heavy atom. The zero-order valence-corrected chi connectivity index (χ0v) is 13.0. The number of methoxy groups -OCH3 is 1. The first kappa shape index (κ1) is 15.1. The van der Waals surface area contributed by atoms with Crippen LogP contribution in [-0.4, -0.2) is 28.7 Å². The molecule has 0 unspecified atom stereocenters. The maximum absolute atomic E-state index is 11.9. The second-order valence-electron chi connectivity index (χ2n) is 3.57. The van der Waals surface area contributed by atoms with Crippen LogP contribution in [0.25, 0.3) is 0 Å². The van der Waals surface area contributed by atoms with Gasteiger partial charge in [0.2, 0.25) is 10.0 Å². The van der Waals surface area contributed by atoms with Crippen molar-refractivity contribution in [3.63, 3.8) is 0 Å². The lowest BCUT2D eigenvalue weighted by atomic mass is 10.3. The molecule has 1 aromatic heterocycles. The third kappa shape index (κ3) is 4.67. The Hall–Kier alpha value is 0.0500. The Kier molecular flexibility index (Phi) is 6.08. The molecule has 0 aliphatic rings. The third-order valence-corrected chi connectivity index (χ3v) is 5.47. The summed E-state index contributed by atoms with van der Waals surface area (Å²) in [6.45, 7) is 2.90. The molecule has 7 heteroatoms. The molecule has 0 fully saturated rings. The summed E-state index contributed by atoms with van der Waals surface area (Å²) in [5.41, 5.74) is 0. The fraction of sp³-hybridized carbons (Fsp3) is 0.600. The number of hydrogen-bond donors (Lipinski definition) is 1. The molecule has 4 nitrogen and oxygen atoms in total. The van der Waals surface area contributed by atoms with Gasteiger partial charge in [-0.05, 0) is 41.8 Å². The molecule has 17 heavy (non-hydrogen) atoms. The van der Waals surface area contributed by atoms with Crippen molar-refractivity contribution in [2.45, 2.75) is 24.7 Å². The molecular weight excluding hydrogens is 326 g/mol. The highest BCUT2D eigenvalue weighted by Crippen LogP contribution is 2.29. The minimum Gasteiger partial charge on any atom is -0.385 e. The number of unbranched alkanes of at least 4 members (excludes halogenated alkanes) is 1. The highest BCUT2D eigenvalue weighted by atomic mass is 79.9. The molecule has 0 atom stereocenters. The Morgan fingerprint density at radius 3 is 2.71 bits per heavy atom. The van der Waals surface area contributed by atoms with Gasteiger partial charge in [0.25, 0.3) is 0 Å². The summed E-state index contributed by atoms with van der Waals surface area (Å²) in [7, 11) is -1.73. The summed E-state index contributed by atoms with van der Waals surface area (Å²) < 4.78 is 32.2. The predicted molar refractivity (Wildman–Crippen MR) is 73.1 cm³/mol. The molecule has 1 N–H and O–H groups in total. The summed E-state index contributed by atoms with van der Waals surface area (Å²) in [6.07, 6.45) is 1.63. The van der Waals surface area contributed by atoms with Gasteiger partial charge >= 0.3 is 0 Å². The zero-order valence-electron chi connectivity index (χ0n) is 9.82. The van der Waals surface area contributed by atoms with Crippen LogP contribution in [-0.2, 0) is 14.8 Å². The highest BCUT2D eigenvalue weighted by molar-refractivity contribution is 9.11. The van der Waals surface area contributed by atoms with E-state index in [1.165, 1.54) is 11.3 Å². The minimum absolute atomic E-state index is 0.362. The SMILES string of the molecule is COCCCCNS(=O)(=O)c1cc(Br)sc1C. The number of aryl methyl sites for hydroxylation is 1. The molecule has 0 amide bonds. The van der Waals surface area contributed by atoms with E-state index in [0.29, 0.717) is 18.0 Å². The van der Waals surface area contributed by atoms with Crippen LogP contribution < -0.4 is 4.72 Å². The van der Waals surface area contributed by atoms with Crippen molar-refractivity contribution in [2.75, 3.05) is 20.3 Å². The molecule has 0 bridgehead atoms. The first-order chi connectivity index (χ1) is 7.97. The molecule has 0 saturated carbocycles. The molecular formula is C10H16BrNO3S2. The lowest BCUT2D eigenvalue weighted by Gasteiger charge is -2.05. The molecule has 0 saturated heterocycles. The van der Waals surface area contributed by atoms with Gasteiger partial charge in [0.1, 0.15) is 0 Å². The van der Waals surface area contributed by atoms with Crippen molar-refractivity contribution < 1.29 is 13.2 Å². The van der Waals surface area contributed by atoms with Crippen LogP contribution in [0.1, 0.15) is 17.7 Å². The van der Waals surface area contributed by atoms with E-state index < -0.39 is 10.0 Å². The van der Waals surface area contributed by atoms with E-state index in [2.05, 4.69) is 20.7 Å². The molecule has 1 rings (SSSR count). The maximum Gasteiger partial charge on any atom is 0.241 e. The number of rotatable bonds is 7. The number of halogens is 1. The summed E-state index contributed by atoms with van der Waals surface area (Å²) in [4.78, 5) is 1.15. The first-order valence-electron chi connectivity index (χ1n) is 5.22. The van der Waals surface area contributed by atoms with Crippen molar-refractivity contribution in [1.82, 2.24) is 4.72 Å². The molecule has 0 radical (unpaired) electrons. The van der Waals surface area contributed by atoms with E-state index in [-0.39, 0.29) is 0 Å². The molecule has 0 aliphatic heterocycles. The van der Waals surface area contributed by atoms with Crippen LogP contribution in [0.4, 0.5) is 0 Å². The monoisotopic (exact) mass is 341 g/mol. The van der Waals surface area contributed by atoms with E-state index in [1.807, 2.05) is 0 Å². The number of sulfonamides is 1. The summed E-state index contributed by atoms with van der Waals surface area (Å²) in [6, 6.07) is 1.64. The minimum atomic E-state index is -3.37. The molecule has 0 spiro atoms. The Bertz CT molecular complexity index is 456. The van der Waals surface area contributed by atoms with Gasteiger partial charge < -0.3 is 4.74 Å². The average Bonchev–Trinajstić information content (AvgIpc) is 2.58. The third-order valence-electron chi connectivity index (χ3n) is 2.20. The Labute approximate surface area is 115 Å². The molecule has 0 aliphatic carbocycles. The molecule has 1 aromatic rings. The fourth-order valence-corrected chi connectivity index (χ4v) is 4.84. The first-order valence-corrected chi connectivity index (χ1v) is 8.31. The van der Waals surface area contributed by atoms with E-state index in [1.54, 1.807) is 20.1 Å². The van der Waals surface area contributed by atoms with Crippen molar-refractivity contribution in [1.29, 1.82) is 0 Å². The van der Waals surface area contributed by atoms with Crippen LogP contribution in [0, 0.1) is 6.92 Å². The lowest BCUT2D eigenvalue weighted by Crippen LogP contribution is -2.25. The summed E-state index contributed by atoms with van der Waals surface area (Å²) >= 11 is 4.71. The van der Waals surface area contributed by atoms with Crippen molar-refractivity contribution in [3.05, 3.63) is 14.7 Å². The van der Waals surface area contributed by atoms with Crippen molar-refractivity contribution in [3.8, 4) is 0 Å². The number of hydrogen-bond acceptors (Lipinski definition) is 4. The van der Waals surface area contributed by atoms with Gasteiger partial charge in [-0.25, -0.2) is 13.1 Å². The average molecular weight is 342 g/mol. The van der Waals surface area contributed by atoms with E-state index in [0.717, 1.165) is 21.5 Å². The largest absolute Gasteiger partial charge is 0.385 e. The van der Waals surface area contributed by atoms with Gasteiger partial charge in [-0.2, -0.15) is 0 Å². The van der Waals surface area contributed by atoms with Gasteiger partial charge in [0.05, 0.1) is 8.68 Å². The maximum atomic E-state index is 11.9. The predicted octanol–water partition coefficient (Wildman–Crippen LogP) is 2.52. The van der Waals surface area contributed by atoms with Gasteiger partial charge in [-0.15, -0.1) is 11.3 Å².